The molecule has 0 amide bonds. The van der Waals surface area contributed by atoms with Crippen LogP contribution in [0.25, 0.3) is 10.9 Å². The first-order valence-electron chi connectivity index (χ1n) is 6.79. The molecule has 1 heterocycles. The number of fused-ring (bicyclic) bond motifs is 1. The molecule has 0 spiro atoms. The number of aromatic nitrogens is 2. The summed E-state index contributed by atoms with van der Waals surface area (Å²) in [5.74, 6) is -0.634. The maximum Gasteiger partial charge on any atom is 0.358 e. The lowest BCUT2D eigenvalue weighted by Gasteiger charge is -2.22. The summed E-state index contributed by atoms with van der Waals surface area (Å²) in [7, 11) is 0. The standard InChI is InChI=1S/C15H19N3O2/c1-4-9(2)10(3)16-13-11-7-5-6-8-12(11)17-18-14(13)15(19)20/h5-10H,4H2,1-3H3,(H,16,17)(H,19,20). The van der Waals surface area contributed by atoms with Crippen LogP contribution in [-0.4, -0.2) is 27.3 Å². The lowest BCUT2D eigenvalue weighted by molar-refractivity contribution is 0.0690. The SMILES string of the molecule is CCC(C)C(C)Nc1c(C(=O)O)nnc2ccccc12. The molecule has 0 aliphatic carbocycles. The quantitative estimate of drug-likeness (QED) is 0.875. The van der Waals surface area contributed by atoms with E-state index in [1.54, 1.807) is 0 Å². The van der Waals surface area contributed by atoms with Gasteiger partial charge >= 0.3 is 5.97 Å². The minimum atomic E-state index is -1.07. The van der Waals surface area contributed by atoms with E-state index >= 15 is 0 Å². The number of hydrogen-bond donors (Lipinski definition) is 2. The van der Waals surface area contributed by atoms with Gasteiger partial charge in [-0.1, -0.05) is 38.5 Å². The number of aromatic carboxylic acids is 1. The van der Waals surface area contributed by atoms with Gasteiger partial charge in [0.1, 0.15) is 0 Å². The third-order valence-electron chi connectivity index (χ3n) is 3.74. The molecular formula is C15H19N3O2. The Bertz CT molecular complexity index is 628. The fourth-order valence-electron chi connectivity index (χ4n) is 2.07. The largest absolute Gasteiger partial charge is 0.476 e. The molecule has 20 heavy (non-hydrogen) atoms. The number of nitrogens with zero attached hydrogens (tertiary/aromatic N) is 2. The lowest BCUT2D eigenvalue weighted by atomic mass is 10.00. The number of rotatable bonds is 5. The zero-order chi connectivity index (χ0) is 14.7. The molecule has 1 aromatic heterocycles. The van der Waals surface area contributed by atoms with Crippen molar-refractivity contribution in [3.63, 3.8) is 0 Å². The van der Waals surface area contributed by atoms with Crippen molar-refractivity contribution in [2.45, 2.75) is 33.2 Å². The summed E-state index contributed by atoms with van der Waals surface area (Å²) < 4.78 is 0. The van der Waals surface area contributed by atoms with Crippen LogP contribution in [0.4, 0.5) is 5.69 Å². The van der Waals surface area contributed by atoms with E-state index in [-0.39, 0.29) is 11.7 Å². The van der Waals surface area contributed by atoms with E-state index in [2.05, 4.69) is 36.3 Å². The van der Waals surface area contributed by atoms with Crippen molar-refractivity contribution in [1.82, 2.24) is 10.2 Å². The van der Waals surface area contributed by atoms with Gasteiger partial charge in [0, 0.05) is 11.4 Å². The number of anilines is 1. The van der Waals surface area contributed by atoms with Gasteiger partial charge in [-0.2, -0.15) is 0 Å². The van der Waals surface area contributed by atoms with E-state index in [4.69, 9.17) is 0 Å². The van der Waals surface area contributed by atoms with Crippen LogP contribution in [0.5, 0.6) is 0 Å². The lowest BCUT2D eigenvalue weighted by Crippen LogP contribution is -2.25. The first kappa shape index (κ1) is 14.2. The summed E-state index contributed by atoms with van der Waals surface area (Å²) in [4.78, 5) is 11.3. The Kier molecular flexibility index (Phi) is 4.17. The zero-order valence-electron chi connectivity index (χ0n) is 11.9. The molecule has 0 fully saturated rings. The smallest absolute Gasteiger partial charge is 0.358 e. The van der Waals surface area contributed by atoms with Gasteiger partial charge in [0.15, 0.2) is 5.69 Å². The molecule has 5 heteroatoms. The van der Waals surface area contributed by atoms with Crippen molar-refractivity contribution in [2.24, 2.45) is 5.92 Å². The Balaban J connectivity index is 2.52. The second kappa shape index (κ2) is 5.86. The van der Waals surface area contributed by atoms with Crippen LogP contribution in [0.3, 0.4) is 0 Å². The molecule has 1 aromatic carbocycles. The summed E-state index contributed by atoms with van der Waals surface area (Å²) in [6.45, 7) is 6.30. The van der Waals surface area contributed by atoms with Crippen molar-refractivity contribution in [1.29, 1.82) is 0 Å². The van der Waals surface area contributed by atoms with Gasteiger partial charge in [-0.25, -0.2) is 4.79 Å². The molecule has 0 saturated heterocycles. The van der Waals surface area contributed by atoms with E-state index in [1.165, 1.54) is 0 Å². The topological polar surface area (TPSA) is 75.1 Å². The maximum absolute atomic E-state index is 11.3. The van der Waals surface area contributed by atoms with E-state index in [0.29, 0.717) is 17.1 Å². The molecule has 106 valence electrons. The van der Waals surface area contributed by atoms with Gasteiger partial charge < -0.3 is 10.4 Å². The molecule has 2 unspecified atom stereocenters. The molecular weight excluding hydrogens is 254 g/mol. The second-order valence-corrected chi connectivity index (χ2v) is 5.06. The highest BCUT2D eigenvalue weighted by Gasteiger charge is 2.19. The van der Waals surface area contributed by atoms with Gasteiger partial charge in [-0.15, -0.1) is 10.2 Å². The average molecular weight is 273 g/mol. The second-order valence-electron chi connectivity index (χ2n) is 5.06. The molecule has 0 aliphatic rings. The summed E-state index contributed by atoms with van der Waals surface area (Å²) in [5.41, 5.74) is 1.21. The van der Waals surface area contributed by atoms with Crippen molar-refractivity contribution >= 4 is 22.6 Å². The molecule has 0 saturated carbocycles. The van der Waals surface area contributed by atoms with Gasteiger partial charge in [0.05, 0.1) is 11.2 Å². The maximum atomic E-state index is 11.3. The number of nitrogens with one attached hydrogen (secondary N) is 1. The third-order valence-corrected chi connectivity index (χ3v) is 3.74. The Morgan fingerprint density at radius 1 is 1.30 bits per heavy atom. The third kappa shape index (κ3) is 2.71. The van der Waals surface area contributed by atoms with Crippen LogP contribution in [0, 0.1) is 5.92 Å². The summed E-state index contributed by atoms with van der Waals surface area (Å²) in [6.07, 6.45) is 1.02. The molecule has 2 rings (SSSR count). The minimum Gasteiger partial charge on any atom is -0.476 e. The molecule has 0 bridgehead atoms. The van der Waals surface area contributed by atoms with Gasteiger partial charge in [0.2, 0.25) is 0 Å². The highest BCUT2D eigenvalue weighted by atomic mass is 16.4. The van der Waals surface area contributed by atoms with Gasteiger partial charge in [0.25, 0.3) is 0 Å². The molecule has 2 aromatic rings. The van der Waals surface area contributed by atoms with Crippen molar-refractivity contribution in [3.05, 3.63) is 30.0 Å². The van der Waals surface area contributed by atoms with Crippen molar-refractivity contribution in [2.75, 3.05) is 5.32 Å². The fourth-order valence-corrected chi connectivity index (χ4v) is 2.07. The monoisotopic (exact) mass is 273 g/mol. The Labute approximate surface area is 118 Å². The van der Waals surface area contributed by atoms with Crippen LogP contribution >= 0.6 is 0 Å². The van der Waals surface area contributed by atoms with Crippen LogP contribution in [0.1, 0.15) is 37.7 Å². The predicted molar refractivity (Wildman–Crippen MR) is 79.0 cm³/mol. The number of hydrogen-bond acceptors (Lipinski definition) is 4. The first-order valence-corrected chi connectivity index (χ1v) is 6.79. The zero-order valence-corrected chi connectivity index (χ0v) is 11.9. The van der Waals surface area contributed by atoms with Crippen LogP contribution in [0.15, 0.2) is 24.3 Å². The average Bonchev–Trinajstić information content (AvgIpc) is 2.46. The number of benzene rings is 1. The predicted octanol–water partition coefficient (Wildman–Crippen LogP) is 3.17. The van der Waals surface area contributed by atoms with Crippen molar-refractivity contribution < 1.29 is 9.90 Å². The Morgan fingerprint density at radius 2 is 2.00 bits per heavy atom. The summed E-state index contributed by atoms with van der Waals surface area (Å²) in [6, 6.07) is 7.58. The highest BCUT2D eigenvalue weighted by Crippen LogP contribution is 2.26. The number of carboxylic acids is 1. The van der Waals surface area contributed by atoms with Crippen molar-refractivity contribution in [3.8, 4) is 0 Å². The molecule has 2 atom stereocenters. The summed E-state index contributed by atoms with van der Waals surface area (Å²) >= 11 is 0. The number of carboxylic acid groups (broad SMARTS) is 1. The molecule has 2 N–H and O–H groups in total. The van der Waals surface area contributed by atoms with E-state index < -0.39 is 5.97 Å². The molecule has 0 aliphatic heterocycles. The van der Waals surface area contributed by atoms with E-state index in [1.807, 2.05) is 24.3 Å². The van der Waals surface area contributed by atoms with Gasteiger partial charge in [-0.3, -0.25) is 0 Å². The Hall–Kier alpha value is -2.17. The van der Waals surface area contributed by atoms with Gasteiger partial charge in [-0.05, 0) is 18.9 Å². The fraction of sp³-hybridized carbons (Fsp3) is 0.400. The highest BCUT2D eigenvalue weighted by molar-refractivity contribution is 6.02. The normalized spacial score (nSPS) is 13.9. The van der Waals surface area contributed by atoms with Crippen LogP contribution in [-0.2, 0) is 0 Å². The first-order chi connectivity index (χ1) is 9.54. The van der Waals surface area contributed by atoms with E-state index in [0.717, 1.165) is 11.8 Å². The van der Waals surface area contributed by atoms with Crippen LogP contribution in [0.2, 0.25) is 0 Å². The summed E-state index contributed by atoms with van der Waals surface area (Å²) in [5, 5.41) is 21.2. The Morgan fingerprint density at radius 3 is 2.65 bits per heavy atom. The molecule has 0 radical (unpaired) electrons. The van der Waals surface area contributed by atoms with Crippen LogP contribution < -0.4 is 5.32 Å². The molecule has 5 nitrogen and oxygen atoms in total. The number of carbonyl (C=O) groups is 1. The minimum absolute atomic E-state index is 0.0288. The van der Waals surface area contributed by atoms with E-state index in [9.17, 15) is 9.90 Å².